The molecule has 0 unspecified atom stereocenters. The molecular formula is C20H20F2N4O3. The fourth-order valence-electron chi connectivity index (χ4n) is 3.02. The van der Waals surface area contributed by atoms with E-state index in [1.165, 1.54) is 0 Å². The molecule has 0 spiro atoms. The summed E-state index contributed by atoms with van der Waals surface area (Å²) in [6.45, 7) is 1.81. The van der Waals surface area contributed by atoms with E-state index in [9.17, 15) is 13.6 Å². The highest BCUT2D eigenvalue weighted by atomic mass is 19.3. The monoisotopic (exact) mass is 402 g/mol. The van der Waals surface area contributed by atoms with Crippen molar-refractivity contribution in [2.75, 3.05) is 19.0 Å². The summed E-state index contributed by atoms with van der Waals surface area (Å²) in [6.07, 6.45) is -2.52. The van der Waals surface area contributed by atoms with Crippen molar-refractivity contribution in [3.8, 4) is 23.3 Å². The lowest BCUT2D eigenvalue weighted by Gasteiger charge is -2.34. The second-order valence-electron chi connectivity index (χ2n) is 6.54. The van der Waals surface area contributed by atoms with Crippen molar-refractivity contribution < 1.29 is 23.0 Å². The number of carbonyl (C=O) groups is 1. The molecule has 1 aliphatic rings. The molecule has 0 saturated heterocycles. The average molecular weight is 402 g/mol. The highest BCUT2D eigenvalue weighted by molar-refractivity contribution is 5.97. The van der Waals surface area contributed by atoms with Gasteiger partial charge in [-0.3, -0.25) is 0 Å². The van der Waals surface area contributed by atoms with Gasteiger partial charge in [0, 0.05) is 18.5 Å². The number of hydrogen-bond acceptors (Lipinski definition) is 7. The van der Waals surface area contributed by atoms with Crippen LogP contribution in [0.2, 0.25) is 0 Å². The summed E-state index contributed by atoms with van der Waals surface area (Å²) in [4.78, 5) is 21.2. The number of ether oxygens (including phenoxy) is 2. The van der Waals surface area contributed by atoms with Crippen LogP contribution in [0.15, 0.2) is 24.3 Å². The molecule has 0 aliphatic heterocycles. The number of aromatic nitrogens is 2. The van der Waals surface area contributed by atoms with Crippen LogP contribution in [0.3, 0.4) is 0 Å². The molecule has 9 heteroatoms. The lowest BCUT2D eigenvalue weighted by atomic mass is 9.82. The first-order valence-electron chi connectivity index (χ1n) is 9.19. The fraction of sp³-hybridized carbons (Fsp3) is 0.400. The zero-order valence-electron chi connectivity index (χ0n) is 16.0. The lowest BCUT2D eigenvalue weighted by Crippen LogP contribution is -2.38. The van der Waals surface area contributed by atoms with Gasteiger partial charge in [-0.1, -0.05) is 12.1 Å². The van der Waals surface area contributed by atoms with Crippen molar-refractivity contribution in [1.29, 1.82) is 5.26 Å². The minimum Gasteiger partial charge on any atom is -0.474 e. The topological polar surface area (TPSA) is 97.1 Å². The summed E-state index contributed by atoms with van der Waals surface area (Å²) in [5, 5.41) is 12.0. The molecule has 1 aliphatic carbocycles. The van der Waals surface area contributed by atoms with Crippen molar-refractivity contribution in [2.45, 2.75) is 32.3 Å². The molecule has 1 fully saturated rings. The van der Waals surface area contributed by atoms with E-state index < -0.39 is 24.4 Å². The van der Waals surface area contributed by atoms with Gasteiger partial charge in [-0.2, -0.15) is 10.2 Å². The first-order chi connectivity index (χ1) is 14.0. The van der Waals surface area contributed by atoms with Gasteiger partial charge in [-0.25, -0.2) is 18.6 Å². The average Bonchev–Trinajstić information content (AvgIpc) is 2.69. The molecule has 3 rings (SSSR count). The molecule has 0 atom stereocenters. The Morgan fingerprint density at radius 1 is 1.38 bits per heavy atom. The predicted octanol–water partition coefficient (Wildman–Crippen LogP) is 3.66. The van der Waals surface area contributed by atoms with Crippen molar-refractivity contribution in [3.63, 3.8) is 0 Å². The van der Waals surface area contributed by atoms with E-state index in [1.807, 2.05) is 6.07 Å². The zero-order chi connectivity index (χ0) is 21.0. The molecule has 152 valence electrons. The molecule has 1 aromatic carbocycles. The van der Waals surface area contributed by atoms with Crippen LogP contribution in [0.25, 0.3) is 11.4 Å². The number of rotatable bonds is 7. The SMILES string of the molecule is CCOC(=O)c1c(NC)nc(-c2cccc(C#N)c2)nc1OC1CC(C(F)F)C1. The van der Waals surface area contributed by atoms with Gasteiger partial charge >= 0.3 is 5.97 Å². The van der Waals surface area contributed by atoms with Crippen molar-refractivity contribution in [2.24, 2.45) is 5.92 Å². The Hall–Kier alpha value is -3.28. The number of nitriles is 1. The van der Waals surface area contributed by atoms with Crippen molar-refractivity contribution >= 4 is 11.8 Å². The number of carbonyl (C=O) groups excluding carboxylic acids is 1. The van der Waals surface area contributed by atoms with Crippen molar-refractivity contribution in [3.05, 3.63) is 35.4 Å². The number of halogens is 2. The van der Waals surface area contributed by atoms with Gasteiger partial charge in [-0.15, -0.1) is 0 Å². The number of benzene rings is 1. The number of anilines is 1. The molecule has 0 radical (unpaired) electrons. The second kappa shape index (κ2) is 8.82. The largest absolute Gasteiger partial charge is 0.474 e. The molecule has 7 nitrogen and oxygen atoms in total. The summed E-state index contributed by atoms with van der Waals surface area (Å²) in [5.74, 6) is -0.995. The molecular weight excluding hydrogens is 382 g/mol. The lowest BCUT2D eigenvalue weighted by molar-refractivity contribution is -0.0348. The first-order valence-corrected chi connectivity index (χ1v) is 9.19. The molecule has 1 heterocycles. The Kier molecular flexibility index (Phi) is 6.22. The normalized spacial score (nSPS) is 17.9. The summed E-state index contributed by atoms with van der Waals surface area (Å²) in [5.41, 5.74) is 0.989. The maximum Gasteiger partial charge on any atom is 0.347 e. The molecule has 1 saturated carbocycles. The van der Waals surface area contributed by atoms with Crippen LogP contribution in [0.4, 0.5) is 14.6 Å². The predicted molar refractivity (Wildman–Crippen MR) is 101 cm³/mol. The van der Waals surface area contributed by atoms with Gasteiger partial charge in [0.2, 0.25) is 12.3 Å². The number of nitrogens with one attached hydrogen (secondary N) is 1. The fourth-order valence-corrected chi connectivity index (χ4v) is 3.02. The minimum absolute atomic E-state index is 0.00929. The third kappa shape index (κ3) is 4.42. The van der Waals surface area contributed by atoms with Crippen LogP contribution >= 0.6 is 0 Å². The van der Waals surface area contributed by atoms with Gasteiger partial charge < -0.3 is 14.8 Å². The molecule has 1 N–H and O–H groups in total. The molecule has 29 heavy (non-hydrogen) atoms. The van der Waals surface area contributed by atoms with E-state index in [0.29, 0.717) is 11.1 Å². The summed E-state index contributed by atoms with van der Waals surface area (Å²) >= 11 is 0. The van der Waals surface area contributed by atoms with Crippen LogP contribution in [0.5, 0.6) is 5.88 Å². The van der Waals surface area contributed by atoms with Crippen LogP contribution < -0.4 is 10.1 Å². The molecule has 1 aromatic heterocycles. The highest BCUT2D eigenvalue weighted by Crippen LogP contribution is 2.37. The maximum atomic E-state index is 12.8. The van der Waals surface area contributed by atoms with Crippen LogP contribution in [-0.2, 0) is 4.74 Å². The smallest absolute Gasteiger partial charge is 0.347 e. The van der Waals surface area contributed by atoms with Gasteiger partial charge in [0.25, 0.3) is 0 Å². The van der Waals surface area contributed by atoms with Crippen LogP contribution in [0, 0.1) is 17.2 Å². The van der Waals surface area contributed by atoms with Gasteiger partial charge in [0.05, 0.1) is 18.2 Å². The van der Waals surface area contributed by atoms with E-state index in [1.54, 1.807) is 38.2 Å². The Labute approximate surface area is 166 Å². The van der Waals surface area contributed by atoms with Crippen molar-refractivity contribution in [1.82, 2.24) is 9.97 Å². The first kappa shape index (κ1) is 20.5. The second-order valence-corrected chi connectivity index (χ2v) is 6.54. The Bertz CT molecular complexity index is 940. The van der Waals surface area contributed by atoms with E-state index in [-0.39, 0.29) is 42.5 Å². The van der Waals surface area contributed by atoms with E-state index >= 15 is 0 Å². The third-order valence-corrected chi connectivity index (χ3v) is 4.61. The van der Waals surface area contributed by atoms with Gasteiger partial charge in [0.15, 0.2) is 11.4 Å². The van der Waals surface area contributed by atoms with Gasteiger partial charge in [0.1, 0.15) is 11.9 Å². The van der Waals surface area contributed by atoms with E-state index in [2.05, 4.69) is 15.3 Å². The Morgan fingerprint density at radius 3 is 2.76 bits per heavy atom. The summed E-state index contributed by atoms with van der Waals surface area (Å²) < 4.78 is 36.5. The number of alkyl halides is 2. The Morgan fingerprint density at radius 2 is 2.14 bits per heavy atom. The minimum atomic E-state index is -2.40. The standard InChI is InChI=1S/C20H20F2N4O3/c1-3-28-20(27)15-18(24-2)25-17(12-6-4-5-11(7-12)10-23)26-19(15)29-14-8-13(9-14)16(21)22/h4-7,13-14,16H,3,8-9H2,1-2H3,(H,24,25,26). The quantitative estimate of drug-likeness (QED) is 0.706. The maximum absolute atomic E-state index is 12.8. The highest BCUT2D eigenvalue weighted by Gasteiger charge is 2.38. The summed E-state index contributed by atoms with van der Waals surface area (Å²) in [7, 11) is 1.58. The van der Waals surface area contributed by atoms with Crippen LogP contribution in [0.1, 0.15) is 35.7 Å². The number of nitrogens with zero attached hydrogens (tertiary/aromatic N) is 3. The Balaban J connectivity index is 2.01. The summed E-state index contributed by atoms with van der Waals surface area (Å²) in [6, 6.07) is 8.71. The van der Waals surface area contributed by atoms with Gasteiger partial charge in [-0.05, 0) is 31.9 Å². The number of esters is 1. The zero-order valence-corrected chi connectivity index (χ0v) is 16.0. The molecule has 0 amide bonds. The van der Waals surface area contributed by atoms with E-state index in [4.69, 9.17) is 14.7 Å². The van der Waals surface area contributed by atoms with E-state index in [0.717, 1.165) is 0 Å². The van der Waals surface area contributed by atoms with Crippen LogP contribution in [-0.4, -0.2) is 42.1 Å². The molecule has 2 aromatic rings. The number of hydrogen-bond donors (Lipinski definition) is 1. The third-order valence-electron chi connectivity index (χ3n) is 4.61. The molecule has 0 bridgehead atoms.